The summed E-state index contributed by atoms with van der Waals surface area (Å²) in [5.74, 6) is 1.02. The molecule has 0 aliphatic heterocycles. The summed E-state index contributed by atoms with van der Waals surface area (Å²) in [6.07, 6.45) is 0. The van der Waals surface area contributed by atoms with Crippen molar-refractivity contribution in [2.45, 2.75) is 13.5 Å². The van der Waals surface area contributed by atoms with Crippen molar-refractivity contribution in [2.24, 2.45) is 0 Å². The Kier molecular flexibility index (Phi) is 4.93. The van der Waals surface area contributed by atoms with E-state index in [0.29, 0.717) is 33.8 Å². The monoisotopic (exact) mass is 377 g/mol. The van der Waals surface area contributed by atoms with Crippen LogP contribution in [0, 0.1) is 0 Å². The van der Waals surface area contributed by atoms with E-state index in [9.17, 15) is 4.79 Å². The van der Waals surface area contributed by atoms with Crippen LogP contribution in [0.3, 0.4) is 0 Å². The molecule has 0 spiro atoms. The number of nitrogens with zero attached hydrogens (tertiary/aromatic N) is 1. The second kappa shape index (κ2) is 6.98. The van der Waals surface area contributed by atoms with Crippen LogP contribution in [0.2, 0.25) is 10.0 Å². The van der Waals surface area contributed by atoms with E-state index < -0.39 is 0 Å². The lowest BCUT2D eigenvalue weighted by Crippen LogP contribution is -2.04. The topological polar surface area (TPSA) is 40.5 Å². The predicted octanol–water partition coefficient (Wildman–Crippen LogP) is 5.22. The number of aromatic nitrogens is 1. The third-order valence-corrected chi connectivity index (χ3v) is 4.70. The van der Waals surface area contributed by atoms with Gasteiger partial charge in [0.15, 0.2) is 5.78 Å². The zero-order valence-corrected chi connectivity index (χ0v) is 15.6. The van der Waals surface area contributed by atoms with Crippen molar-refractivity contribution in [3.8, 4) is 11.6 Å². The van der Waals surface area contributed by atoms with Gasteiger partial charge in [0.25, 0.3) is 0 Å². The number of fused-ring (bicyclic) bond motifs is 1. The molecule has 3 aromatic rings. The molecular weight excluding hydrogens is 361 g/mol. The van der Waals surface area contributed by atoms with Gasteiger partial charge in [-0.25, -0.2) is 0 Å². The third-order valence-electron chi connectivity index (χ3n) is 4.11. The van der Waals surface area contributed by atoms with Crippen LogP contribution in [-0.2, 0) is 6.54 Å². The van der Waals surface area contributed by atoms with Crippen molar-refractivity contribution in [2.75, 3.05) is 14.2 Å². The van der Waals surface area contributed by atoms with Crippen molar-refractivity contribution in [3.05, 3.63) is 57.6 Å². The maximum Gasteiger partial charge on any atom is 0.205 e. The highest BCUT2D eigenvalue weighted by Crippen LogP contribution is 2.39. The molecule has 6 heteroatoms. The smallest absolute Gasteiger partial charge is 0.205 e. The lowest BCUT2D eigenvalue weighted by molar-refractivity contribution is 0.101. The van der Waals surface area contributed by atoms with Gasteiger partial charge in [0.2, 0.25) is 5.88 Å². The van der Waals surface area contributed by atoms with Gasteiger partial charge in [-0.15, -0.1) is 0 Å². The predicted molar refractivity (Wildman–Crippen MR) is 101 cm³/mol. The summed E-state index contributed by atoms with van der Waals surface area (Å²) >= 11 is 12.3. The molecule has 130 valence electrons. The molecule has 0 unspecified atom stereocenters. The number of hydrogen-bond acceptors (Lipinski definition) is 3. The summed E-state index contributed by atoms with van der Waals surface area (Å²) in [7, 11) is 3.13. The lowest BCUT2D eigenvalue weighted by atomic mass is 10.1. The molecule has 0 aliphatic rings. The van der Waals surface area contributed by atoms with Gasteiger partial charge < -0.3 is 14.0 Å². The summed E-state index contributed by atoms with van der Waals surface area (Å²) in [5, 5.41) is 1.87. The number of ether oxygens (including phenoxy) is 2. The van der Waals surface area contributed by atoms with Gasteiger partial charge in [-0.05, 0) is 36.8 Å². The number of benzene rings is 2. The molecule has 25 heavy (non-hydrogen) atoms. The zero-order chi connectivity index (χ0) is 18.1. The van der Waals surface area contributed by atoms with Crippen molar-refractivity contribution >= 4 is 39.9 Å². The standard InChI is InChI=1S/C19H17Cl2NO3/c1-11(23)17-18-15(5-4-6-16(18)24-2)22(19(17)25-3)10-12-7-8-13(20)9-14(12)21/h4-9H,10H2,1-3H3. The summed E-state index contributed by atoms with van der Waals surface area (Å²) in [4.78, 5) is 12.3. The number of hydrogen-bond donors (Lipinski definition) is 0. The number of carbonyl (C=O) groups excluding carboxylic acids is 1. The van der Waals surface area contributed by atoms with Crippen molar-refractivity contribution in [3.63, 3.8) is 0 Å². The Labute approximate surface area is 155 Å². The van der Waals surface area contributed by atoms with Crippen LogP contribution in [0.15, 0.2) is 36.4 Å². The van der Waals surface area contributed by atoms with Crippen LogP contribution in [0.25, 0.3) is 10.9 Å². The van der Waals surface area contributed by atoms with E-state index >= 15 is 0 Å². The minimum atomic E-state index is -0.0905. The van der Waals surface area contributed by atoms with Gasteiger partial charge in [-0.3, -0.25) is 4.79 Å². The first-order chi connectivity index (χ1) is 12.0. The molecule has 0 fully saturated rings. The second-order valence-corrected chi connectivity index (χ2v) is 6.46. The highest BCUT2D eigenvalue weighted by Gasteiger charge is 2.24. The minimum Gasteiger partial charge on any atom is -0.496 e. The van der Waals surface area contributed by atoms with E-state index in [1.807, 2.05) is 28.8 Å². The van der Waals surface area contributed by atoms with Crippen LogP contribution in [0.5, 0.6) is 11.6 Å². The van der Waals surface area contributed by atoms with Crippen LogP contribution in [0.4, 0.5) is 0 Å². The van der Waals surface area contributed by atoms with Gasteiger partial charge >= 0.3 is 0 Å². The van der Waals surface area contributed by atoms with E-state index in [4.69, 9.17) is 32.7 Å². The molecular formula is C19H17Cl2NO3. The third kappa shape index (κ3) is 3.08. The van der Waals surface area contributed by atoms with Crippen LogP contribution in [0.1, 0.15) is 22.8 Å². The molecule has 0 N–H and O–H groups in total. The molecule has 0 saturated carbocycles. The quantitative estimate of drug-likeness (QED) is 0.572. The molecule has 1 heterocycles. The number of carbonyl (C=O) groups is 1. The number of methoxy groups -OCH3 is 2. The Bertz CT molecular complexity index is 963. The van der Waals surface area contributed by atoms with Gasteiger partial charge in [-0.1, -0.05) is 35.3 Å². The summed E-state index contributed by atoms with van der Waals surface area (Å²) in [6.45, 7) is 1.96. The number of rotatable bonds is 5. The molecule has 3 rings (SSSR count). The average Bonchev–Trinajstić information content (AvgIpc) is 2.91. The fourth-order valence-corrected chi connectivity index (χ4v) is 3.50. The number of halogens is 2. The highest BCUT2D eigenvalue weighted by molar-refractivity contribution is 6.35. The van der Waals surface area contributed by atoms with E-state index in [-0.39, 0.29) is 5.78 Å². The Morgan fingerprint density at radius 1 is 1.12 bits per heavy atom. The van der Waals surface area contributed by atoms with Crippen molar-refractivity contribution < 1.29 is 14.3 Å². The Hall–Kier alpha value is -2.17. The van der Waals surface area contributed by atoms with Gasteiger partial charge in [0.05, 0.1) is 37.2 Å². The molecule has 0 amide bonds. The first kappa shape index (κ1) is 17.6. The Balaban J connectivity index is 2.29. The highest BCUT2D eigenvalue weighted by atomic mass is 35.5. The molecule has 4 nitrogen and oxygen atoms in total. The second-order valence-electron chi connectivity index (χ2n) is 5.62. The number of Topliss-reactive ketones (excluding diaryl/α,β-unsaturated/α-hetero) is 1. The SMILES string of the molecule is COc1cccc2c1c(C(C)=O)c(OC)n2Cc1ccc(Cl)cc1Cl. The number of ketones is 1. The molecule has 0 atom stereocenters. The van der Waals surface area contributed by atoms with E-state index in [0.717, 1.165) is 16.5 Å². The zero-order valence-electron chi connectivity index (χ0n) is 14.1. The van der Waals surface area contributed by atoms with Crippen LogP contribution >= 0.6 is 23.2 Å². The van der Waals surface area contributed by atoms with E-state index in [1.54, 1.807) is 26.4 Å². The first-order valence-electron chi connectivity index (χ1n) is 7.66. The van der Waals surface area contributed by atoms with E-state index in [1.165, 1.54) is 6.92 Å². The molecule has 0 radical (unpaired) electrons. The van der Waals surface area contributed by atoms with Gasteiger partial charge in [0, 0.05) is 10.0 Å². The fraction of sp³-hybridized carbons (Fsp3) is 0.211. The Morgan fingerprint density at radius 2 is 1.88 bits per heavy atom. The molecule has 1 aromatic heterocycles. The maximum atomic E-state index is 12.3. The molecule has 2 aromatic carbocycles. The van der Waals surface area contributed by atoms with Crippen molar-refractivity contribution in [1.29, 1.82) is 0 Å². The summed E-state index contributed by atoms with van der Waals surface area (Å²) in [5.41, 5.74) is 2.21. The molecule has 0 aliphatic carbocycles. The average molecular weight is 378 g/mol. The molecule has 0 bridgehead atoms. The largest absolute Gasteiger partial charge is 0.496 e. The van der Waals surface area contributed by atoms with Gasteiger partial charge in [0.1, 0.15) is 5.75 Å². The summed E-state index contributed by atoms with van der Waals surface area (Å²) < 4.78 is 13.0. The normalized spacial score (nSPS) is 10.9. The minimum absolute atomic E-state index is 0.0905. The lowest BCUT2D eigenvalue weighted by Gasteiger charge is -2.12. The van der Waals surface area contributed by atoms with Crippen LogP contribution < -0.4 is 9.47 Å². The van der Waals surface area contributed by atoms with Crippen molar-refractivity contribution in [1.82, 2.24) is 4.57 Å². The van der Waals surface area contributed by atoms with Crippen LogP contribution in [-0.4, -0.2) is 24.6 Å². The van der Waals surface area contributed by atoms with E-state index in [2.05, 4.69) is 0 Å². The fourth-order valence-electron chi connectivity index (χ4n) is 3.03. The molecule has 0 saturated heterocycles. The Morgan fingerprint density at radius 3 is 2.48 bits per heavy atom. The maximum absolute atomic E-state index is 12.3. The van der Waals surface area contributed by atoms with Gasteiger partial charge in [-0.2, -0.15) is 0 Å². The first-order valence-corrected chi connectivity index (χ1v) is 8.41. The summed E-state index contributed by atoms with van der Waals surface area (Å²) in [6, 6.07) is 11.0.